The first kappa shape index (κ1) is 12.9. The highest BCUT2D eigenvalue weighted by Gasteiger charge is 2.38. The van der Waals surface area contributed by atoms with Crippen LogP contribution in [-0.4, -0.2) is 27.8 Å². The number of benzene rings is 1. The van der Waals surface area contributed by atoms with Crippen LogP contribution in [0.4, 0.5) is 4.39 Å². The van der Waals surface area contributed by atoms with Crippen LogP contribution in [0, 0.1) is 5.82 Å². The monoisotopic (exact) mass is 286 g/mol. The smallest absolute Gasteiger partial charge is 0.323 e. The second-order valence-electron chi connectivity index (χ2n) is 4.19. The van der Waals surface area contributed by atoms with Gasteiger partial charge in [-0.05, 0) is 24.3 Å². The van der Waals surface area contributed by atoms with Crippen LogP contribution in [0.1, 0.15) is 31.2 Å². The van der Waals surface area contributed by atoms with Crippen molar-refractivity contribution < 1.29 is 23.6 Å². The minimum Gasteiger partial charge on any atom is -0.323 e. The van der Waals surface area contributed by atoms with Gasteiger partial charge in [0.2, 0.25) is 0 Å². The van der Waals surface area contributed by atoms with Crippen LogP contribution in [-0.2, 0) is 4.84 Å². The van der Waals surface area contributed by atoms with E-state index in [1.165, 1.54) is 12.1 Å². The number of amides is 2. The quantitative estimate of drug-likeness (QED) is 0.783. The van der Waals surface area contributed by atoms with E-state index in [1.807, 2.05) is 0 Å². The molecule has 21 heavy (non-hydrogen) atoms. The molecule has 0 fully saturated rings. The van der Waals surface area contributed by atoms with Gasteiger partial charge in [0.15, 0.2) is 5.69 Å². The number of hydrogen-bond acceptors (Lipinski definition) is 5. The molecular formula is C14H7FN2O4. The van der Waals surface area contributed by atoms with Crippen LogP contribution in [0.15, 0.2) is 42.6 Å². The predicted octanol–water partition coefficient (Wildman–Crippen LogP) is 1.59. The first-order chi connectivity index (χ1) is 10.1. The van der Waals surface area contributed by atoms with Crippen LogP contribution < -0.4 is 0 Å². The Hall–Kier alpha value is -3.09. The Balaban J connectivity index is 1.84. The Morgan fingerprint density at radius 3 is 2.19 bits per heavy atom. The molecule has 7 heteroatoms. The lowest BCUT2D eigenvalue weighted by Gasteiger charge is -2.11. The molecule has 1 aromatic heterocycles. The van der Waals surface area contributed by atoms with Crippen molar-refractivity contribution in [3.05, 3.63) is 65.2 Å². The van der Waals surface area contributed by atoms with Gasteiger partial charge < -0.3 is 4.84 Å². The third-order valence-corrected chi connectivity index (χ3v) is 2.87. The van der Waals surface area contributed by atoms with E-state index in [9.17, 15) is 18.8 Å². The molecule has 1 aliphatic rings. The molecule has 1 aliphatic heterocycles. The molecule has 0 bridgehead atoms. The zero-order valence-electron chi connectivity index (χ0n) is 10.4. The van der Waals surface area contributed by atoms with Crippen LogP contribution in [0.2, 0.25) is 0 Å². The SMILES string of the molecule is O=C(ON1C(=O)c2ccccc2C1=O)c1ccc(F)cn1. The third-order valence-electron chi connectivity index (χ3n) is 2.87. The summed E-state index contributed by atoms with van der Waals surface area (Å²) in [6.07, 6.45) is 0.832. The van der Waals surface area contributed by atoms with E-state index in [0.717, 1.165) is 18.3 Å². The summed E-state index contributed by atoms with van der Waals surface area (Å²) in [4.78, 5) is 44.0. The zero-order chi connectivity index (χ0) is 15.0. The van der Waals surface area contributed by atoms with Gasteiger partial charge in [-0.25, -0.2) is 14.2 Å². The summed E-state index contributed by atoms with van der Waals surface area (Å²) in [5.74, 6) is -3.10. The number of hydrogen-bond donors (Lipinski definition) is 0. The second-order valence-corrected chi connectivity index (χ2v) is 4.19. The Labute approximate surface area is 117 Å². The van der Waals surface area contributed by atoms with Crippen molar-refractivity contribution in [2.45, 2.75) is 0 Å². The number of carbonyl (C=O) groups excluding carboxylic acids is 3. The fraction of sp³-hybridized carbons (Fsp3) is 0. The molecule has 0 saturated carbocycles. The lowest BCUT2D eigenvalue weighted by atomic mass is 10.1. The van der Waals surface area contributed by atoms with Crippen molar-refractivity contribution in [3.63, 3.8) is 0 Å². The summed E-state index contributed by atoms with van der Waals surface area (Å²) in [5, 5.41) is 0.373. The largest absolute Gasteiger partial charge is 0.382 e. The van der Waals surface area contributed by atoms with E-state index < -0.39 is 23.6 Å². The summed E-state index contributed by atoms with van der Waals surface area (Å²) in [6.45, 7) is 0. The Bertz CT molecular complexity index is 723. The van der Waals surface area contributed by atoms with Crippen molar-refractivity contribution >= 4 is 17.8 Å². The van der Waals surface area contributed by atoms with E-state index in [0.29, 0.717) is 5.06 Å². The fourth-order valence-corrected chi connectivity index (χ4v) is 1.88. The second kappa shape index (κ2) is 4.78. The van der Waals surface area contributed by atoms with E-state index in [2.05, 4.69) is 4.98 Å². The fourth-order valence-electron chi connectivity index (χ4n) is 1.88. The number of aromatic nitrogens is 1. The number of fused-ring (bicyclic) bond motifs is 1. The van der Waals surface area contributed by atoms with Gasteiger partial charge in [-0.1, -0.05) is 17.2 Å². The molecule has 2 amide bonds. The summed E-state index contributed by atoms with van der Waals surface area (Å²) in [5.41, 5.74) is 0.0951. The Morgan fingerprint density at radius 2 is 1.67 bits per heavy atom. The van der Waals surface area contributed by atoms with Crippen molar-refractivity contribution in [1.29, 1.82) is 0 Å². The van der Waals surface area contributed by atoms with Crippen LogP contribution >= 0.6 is 0 Å². The molecule has 3 rings (SSSR count). The molecule has 0 atom stereocenters. The highest BCUT2D eigenvalue weighted by atomic mass is 19.1. The number of imide groups is 1. The predicted molar refractivity (Wildman–Crippen MR) is 66.6 cm³/mol. The zero-order valence-corrected chi connectivity index (χ0v) is 10.4. The van der Waals surface area contributed by atoms with E-state index >= 15 is 0 Å². The maximum Gasteiger partial charge on any atom is 0.382 e. The van der Waals surface area contributed by atoms with Gasteiger partial charge in [0.25, 0.3) is 11.8 Å². The number of rotatable bonds is 2. The normalized spacial score (nSPS) is 13.3. The molecule has 2 aromatic rings. The van der Waals surface area contributed by atoms with Crippen molar-refractivity contribution in [1.82, 2.24) is 10.0 Å². The maximum atomic E-state index is 12.7. The molecule has 0 radical (unpaired) electrons. The van der Waals surface area contributed by atoms with Gasteiger partial charge >= 0.3 is 5.97 Å². The molecule has 0 unspecified atom stereocenters. The lowest BCUT2D eigenvalue weighted by Crippen LogP contribution is -2.32. The van der Waals surface area contributed by atoms with Gasteiger partial charge in [-0.2, -0.15) is 0 Å². The molecule has 6 nitrogen and oxygen atoms in total. The van der Waals surface area contributed by atoms with Crippen LogP contribution in [0.3, 0.4) is 0 Å². The van der Waals surface area contributed by atoms with Crippen molar-refractivity contribution in [3.8, 4) is 0 Å². The van der Waals surface area contributed by atoms with Gasteiger partial charge in [0.1, 0.15) is 5.82 Å². The molecule has 1 aromatic carbocycles. The summed E-state index contributed by atoms with van der Waals surface area (Å²) in [7, 11) is 0. The lowest BCUT2D eigenvalue weighted by molar-refractivity contribution is -0.0588. The average Bonchev–Trinajstić information content (AvgIpc) is 2.73. The number of carbonyl (C=O) groups is 3. The van der Waals surface area contributed by atoms with Gasteiger partial charge in [-0.15, -0.1) is 0 Å². The number of halogens is 1. The molecule has 0 N–H and O–H groups in total. The average molecular weight is 286 g/mol. The minimum absolute atomic E-state index is 0.155. The van der Waals surface area contributed by atoms with E-state index in [1.54, 1.807) is 12.1 Å². The number of hydroxylamine groups is 2. The molecule has 0 aliphatic carbocycles. The van der Waals surface area contributed by atoms with Gasteiger partial charge in [0.05, 0.1) is 17.3 Å². The molecule has 0 saturated heterocycles. The van der Waals surface area contributed by atoms with Crippen LogP contribution in [0.5, 0.6) is 0 Å². The van der Waals surface area contributed by atoms with Crippen molar-refractivity contribution in [2.24, 2.45) is 0 Å². The molecule has 0 spiro atoms. The third kappa shape index (κ3) is 2.14. The first-order valence-electron chi connectivity index (χ1n) is 5.89. The van der Waals surface area contributed by atoms with Crippen LogP contribution in [0.25, 0.3) is 0 Å². The summed E-state index contributed by atoms with van der Waals surface area (Å²) < 4.78 is 12.7. The molecule has 2 heterocycles. The Morgan fingerprint density at radius 1 is 1.05 bits per heavy atom. The Kier molecular flexibility index (Phi) is 2.94. The van der Waals surface area contributed by atoms with E-state index in [4.69, 9.17) is 4.84 Å². The number of nitrogens with zero attached hydrogens (tertiary/aromatic N) is 2. The van der Waals surface area contributed by atoms with Crippen molar-refractivity contribution in [2.75, 3.05) is 0 Å². The maximum absolute atomic E-state index is 12.7. The minimum atomic E-state index is -1.02. The van der Waals surface area contributed by atoms with E-state index in [-0.39, 0.29) is 16.8 Å². The highest BCUT2D eigenvalue weighted by molar-refractivity contribution is 6.21. The standard InChI is InChI=1S/C14H7FN2O4/c15-8-5-6-11(16-7-8)14(20)21-17-12(18)9-3-1-2-4-10(9)13(17)19/h1-7H. The van der Waals surface area contributed by atoms with Gasteiger partial charge in [-0.3, -0.25) is 9.59 Å². The summed E-state index contributed by atoms with van der Waals surface area (Å²) in [6, 6.07) is 8.22. The highest BCUT2D eigenvalue weighted by Crippen LogP contribution is 2.23. The number of pyridine rings is 1. The molecular weight excluding hydrogens is 279 g/mol. The summed E-state index contributed by atoms with van der Waals surface area (Å²) >= 11 is 0. The first-order valence-corrected chi connectivity index (χ1v) is 5.89. The molecule has 104 valence electrons. The topological polar surface area (TPSA) is 76.6 Å². The van der Waals surface area contributed by atoms with Gasteiger partial charge in [0, 0.05) is 0 Å².